The van der Waals surface area contributed by atoms with Crippen LogP contribution in [0.3, 0.4) is 0 Å². The molecule has 4 nitrogen and oxygen atoms in total. The van der Waals surface area contributed by atoms with Gasteiger partial charge in [0.05, 0.1) is 6.61 Å². The number of ketones is 1. The number of para-hydroxylation sites is 1. The lowest BCUT2D eigenvalue weighted by Crippen LogP contribution is -2.43. The summed E-state index contributed by atoms with van der Waals surface area (Å²) in [5.41, 5.74) is -0.177. The predicted molar refractivity (Wildman–Crippen MR) is 70.0 cm³/mol. The number of hydrogen-bond donors (Lipinski definition) is 0. The van der Waals surface area contributed by atoms with Gasteiger partial charge in [-0.3, -0.25) is 9.59 Å². The van der Waals surface area contributed by atoms with Crippen LogP contribution in [0.15, 0.2) is 24.3 Å². The second-order valence-electron chi connectivity index (χ2n) is 5.13. The van der Waals surface area contributed by atoms with Crippen LogP contribution in [0.4, 0.5) is 0 Å². The number of benzene rings is 1. The quantitative estimate of drug-likeness (QED) is 0.616. The van der Waals surface area contributed by atoms with E-state index in [-0.39, 0.29) is 12.4 Å². The van der Waals surface area contributed by atoms with E-state index in [1.54, 1.807) is 20.8 Å². The fourth-order valence-corrected chi connectivity index (χ4v) is 2.14. The molecule has 19 heavy (non-hydrogen) atoms. The highest BCUT2D eigenvalue weighted by atomic mass is 16.5. The van der Waals surface area contributed by atoms with Gasteiger partial charge >= 0.3 is 5.97 Å². The molecular weight excluding hydrogens is 244 g/mol. The molecule has 1 unspecified atom stereocenters. The van der Waals surface area contributed by atoms with Gasteiger partial charge in [0.15, 0.2) is 11.9 Å². The molecule has 1 atom stereocenters. The minimum absolute atomic E-state index is 0.234. The van der Waals surface area contributed by atoms with E-state index >= 15 is 0 Å². The first kappa shape index (κ1) is 13.6. The Hall–Kier alpha value is -1.84. The summed E-state index contributed by atoms with van der Waals surface area (Å²) < 4.78 is 10.6. The molecule has 1 heterocycles. The van der Waals surface area contributed by atoms with Crippen LogP contribution in [0.1, 0.15) is 26.3 Å². The molecule has 0 fully saturated rings. The smallest absolute Gasteiger partial charge is 0.319 e. The van der Waals surface area contributed by atoms with Crippen LogP contribution in [0, 0.1) is 5.41 Å². The Kier molecular flexibility index (Phi) is 3.60. The number of carbonyl (C=O) groups is 2. The molecule has 0 bridgehead atoms. The van der Waals surface area contributed by atoms with Crippen molar-refractivity contribution in [3.63, 3.8) is 0 Å². The van der Waals surface area contributed by atoms with Crippen LogP contribution in [0.25, 0.3) is 0 Å². The van der Waals surface area contributed by atoms with Crippen molar-refractivity contribution in [2.45, 2.75) is 33.3 Å². The van der Waals surface area contributed by atoms with E-state index in [0.717, 1.165) is 11.3 Å². The van der Waals surface area contributed by atoms with Crippen molar-refractivity contribution in [2.75, 3.05) is 6.61 Å². The summed E-state index contributed by atoms with van der Waals surface area (Å²) in [7, 11) is 0. The number of ether oxygens (including phenoxy) is 2. The minimum atomic E-state index is -1.18. The number of rotatable bonds is 4. The van der Waals surface area contributed by atoms with Crippen LogP contribution < -0.4 is 4.74 Å². The molecule has 0 radical (unpaired) electrons. The van der Waals surface area contributed by atoms with Gasteiger partial charge in [-0.05, 0) is 32.4 Å². The lowest BCUT2D eigenvalue weighted by Gasteiger charge is -2.23. The minimum Gasteiger partial charge on any atom is -0.482 e. The zero-order valence-corrected chi connectivity index (χ0v) is 11.4. The lowest BCUT2D eigenvalue weighted by atomic mass is 9.84. The number of carbonyl (C=O) groups excluding carboxylic acids is 2. The zero-order valence-electron chi connectivity index (χ0n) is 11.4. The second kappa shape index (κ2) is 5.03. The Labute approximate surface area is 112 Å². The van der Waals surface area contributed by atoms with E-state index in [9.17, 15) is 9.59 Å². The van der Waals surface area contributed by atoms with Gasteiger partial charge in [0, 0.05) is 6.42 Å². The van der Waals surface area contributed by atoms with Gasteiger partial charge in [0.2, 0.25) is 0 Å². The van der Waals surface area contributed by atoms with Gasteiger partial charge in [0.1, 0.15) is 11.2 Å². The Balaban J connectivity index is 2.12. The van der Waals surface area contributed by atoms with Gasteiger partial charge in [-0.2, -0.15) is 0 Å². The van der Waals surface area contributed by atoms with Crippen LogP contribution in [0.2, 0.25) is 0 Å². The Bertz CT molecular complexity index is 480. The SMILES string of the molecule is CCOC(=O)C(C)(C)C(=O)C1Cc2ccccc2O1. The van der Waals surface area contributed by atoms with Crippen molar-refractivity contribution in [3.8, 4) is 5.75 Å². The summed E-state index contributed by atoms with van der Waals surface area (Å²) in [6.45, 7) is 5.15. The fourth-order valence-electron chi connectivity index (χ4n) is 2.14. The van der Waals surface area contributed by atoms with Crippen molar-refractivity contribution < 1.29 is 19.1 Å². The van der Waals surface area contributed by atoms with E-state index in [1.165, 1.54) is 0 Å². The maximum atomic E-state index is 12.4. The molecule has 0 N–H and O–H groups in total. The lowest BCUT2D eigenvalue weighted by molar-refractivity contribution is -0.159. The highest BCUT2D eigenvalue weighted by molar-refractivity contribution is 6.05. The Morgan fingerprint density at radius 1 is 1.37 bits per heavy atom. The molecule has 0 aliphatic carbocycles. The number of esters is 1. The molecule has 0 saturated heterocycles. The second-order valence-corrected chi connectivity index (χ2v) is 5.13. The van der Waals surface area contributed by atoms with Crippen LogP contribution in [-0.4, -0.2) is 24.5 Å². The summed E-state index contributed by atoms with van der Waals surface area (Å²) in [4.78, 5) is 24.3. The van der Waals surface area contributed by atoms with Gasteiger partial charge in [-0.15, -0.1) is 0 Å². The molecule has 4 heteroatoms. The summed E-state index contributed by atoms with van der Waals surface area (Å²) in [5.74, 6) is -0.0118. The van der Waals surface area contributed by atoms with Crippen LogP contribution in [-0.2, 0) is 20.7 Å². The normalized spacial score (nSPS) is 17.5. The highest BCUT2D eigenvalue weighted by Crippen LogP contribution is 2.32. The van der Waals surface area contributed by atoms with Crippen molar-refractivity contribution >= 4 is 11.8 Å². The first-order valence-corrected chi connectivity index (χ1v) is 6.43. The first-order valence-electron chi connectivity index (χ1n) is 6.43. The molecule has 1 aliphatic heterocycles. The van der Waals surface area contributed by atoms with E-state index in [1.807, 2.05) is 24.3 Å². The summed E-state index contributed by atoms with van der Waals surface area (Å²) in [5, 5.41) is 0. The first-order chi connectivity index (χ1) is 8.96. The van der Waals surface area contributed by atoms with Gasteiger partial charge in [0.25, 0.3) is 0 Å². The molecule has 1 aliphatic rings. The zero-order chi connectivity index (χ0) is 14.0. The number of fused-ring (bicyclic) bond motifs is 1. The monoisotopic (exact) mass is 262 g/mol. The molecule has 0 amide bonds. The van der Waals surface area contributed by atoms with Gasteiger partial charge in [-0.25, -0.2) is 0 Å². The van der Waals surface area contributed by atoms with Crippen molar-refractivity contribution in [1.82, 2.24) is 0 Å². The average molecular weight is 262 g/mol. The number of Topliss-reactive ketones (excluding diaryl/α,β-unsaturated/α-hetero) is 1. The van der Waals surface area contributed by atoms with E-state index in [0.29, 0.717) is 6.42 Å². The molecule has 0 aromatic heterocycles. The molecular formula is C15H18O4. The maximum absolute atomic E-state index is 12.4. The van der Waals surface area contributed by atoms with Gasteiger partial charge < -0.3 is 9.47 Å². The largest absolute Gasteiger partial charge is 0.482 e. The predicted octanol–water partition coefficient (Wildman–Crippen LogP) is 2.15. The van der Waals surface area contributed by atoms with Gasteiger partial charge in [-0.1, -0.05) is 18.2 Å². The van der Waals surface area contributed by atoms with E-state index < -0.39 is 17.5 Å². The topological polar surface area (TPSA) is 52.6 Å². The van der Waals surface area contributed by atoms with Crippen molar-refractivity contribution in [1.29, 1.82) is 0 Å². The molecule has 1 aromatic rings. The van der Waals surface area contributed by atoms with Crippen LogP contribution in [0.5, 0.6) is 5.75 Å². The maximum Gasteiger partial charge on any atom is 0.319 e. The van der Waals surface area contributed by atoms with Crippen molar-refractivity contribution in [2.24, 2.45) is 5.41 Å². The Morgan fingerprint density at radius 3 is 2.68 bits per heavy atom. The highest BCUT2D eigenvalue weighted by Gasteiger charge is 2.44. The van der Waals surface area contributed by atoms with Crippen molar-refractivity contribution in [3.05, 3.63) is 29.8 Å². The Morgan fingerprint density at radius 2 is 2.05 bits per heavy atom. The molecule has 0 spiro atoms. The summed E-state index contributed by atoms with van der Waals surface area (Å²) >= 11 is 0. The third-order valence-corrected chi connectivity index (χ3v) is 3.34. The van der Waals surface area contributed by atoms with E-state index in [4.69, 9.17) is 9.47 Å². The molecule has 102 valence electrons. The molecule has 2 rings (SSSR count). The standard InChI is InChI=1S/C15H18O4/c1-4-18-14(17)15(2,3)13(16)12-9-10-7-5-6-8-11(10)19-12/h5-8,12H,4,9H2,1-3H3. The molecule has 0 saturated carbocycles. The third kappa shape index (κ3) is 2.48. The average Bonchev–Trinajstić information content (AvgIpc) is 2.81. The fraction of sp³-hybridized carbons (Fsp3) is 0.467. The summed E-state index contributed by atoms with van der Waals surface area (Å²) in [6, 6.07) is 7.54. The third-order valence-electron chi connectivity index (χ3n) is 3.34. The number of hydrogen-bond acceptors (Lipinski definition) is 4. The van der Waals surface area contributed by atoms with E-state index in [2.05, 4.69) is 0 Å². The summed E-state index contributed by atoms with van der Waals surface area (Å²) in [6.07, 6.45) is -0.0884. The molecule has 1 aromatic carbocycles. The van der Waals surface area contributed by atoms with Crippen LogP contribution >= 0.6 is 0 Å².